The number of carbonyl (C=O) groups is 9. The molecule has 0 aliphatic carbocycles. The average molecular weight is 1200 g/mol. The summed E-state index contributed by atoms with van der Waals surface area (Å²) in [5, 5.41) is 23.6. The van der Waals surface area contributed by atoms with E-state index in [-0.39, 0.29) is 25.9 Å². The second-order valence-corrected chi connectivity index (χ2v) is 24.9. The zero-order valence-corrected chi connectivity index (χ0v) is 52.1. The quantitative estimate of drug-likeness (QED) is 0.0416. The fourth-order valence-corrected chi connectivity index (χ4v) is 11.5. The van der Waals surface area contributed by atoms with Crippen LogP contribution in [0, 0.1) is 5.92 Å². The molecule has 2 saturated heterocycles. The number of aliphatic carboxylic acids is 1. The number of nitrogens with one attached hydrogen (secondary N) is 6. The summed E-state index contributed by atoms with van der Waals surface area (Å²) in [6, 6.07) is 17.5. The number of nitrogens with zero attached hydrogens (tertiary/aromatic N) is 4. The lowest BCUT2D eigenvalue weighted by atomic mass is 9.74. The third-order valence-electron chi connectivity index (χ3n) is 15.5. The molecule has 2 aliphatic rings. The van der Waals surface area contributed by atoms with Crippen LogP contribution in [0.1, 0.15) is 131 Å². The van der Waals surface area contributed by atoms with E-state index in [0.717, 1.165) is 0 Å². The molecule has 472 valence electrons. The van der Waals surface area contributed by atoms with Crippen LogP contribution in [-0.2, 0) is 64.6 Å². The molecular formula is C64H89N11O12. The molecule has 6 rings (SSSR count). The van der Waals surface area contributed by atoms with E-state index in [4.69, 9.17) is 15.2 Å². The molecule has 23 heteroatoms. The van der Waals surface area contributed by atoms with E-state index < -0.39 is 143 Å². The molecule has 3 aromatic carbocycles. The first-order valence-corrected chi connectivity index (χ1v) is 29.9. The lowest BCUT2D eigenvalue weighted by Gasteiger charge is -2.49. The SMILES string of the molecule is CC(C)[C@H](NC(=O)CNC(=O)[C@H](Cc1cnc[nH]1)N(C(=O)[C@H](C)NC(=O)[C@@H]1CCCN1C(=O)[C@@H]1CCCN1C(=O)[C@H](C)NC(=O)[C@@H](N)[C@@H](C)OC(C)(C)C)C(c1ccccc1)(c1ccccc1)c1ccccc1)C(=O)N[C@H](C(=O)O)[C@@H](C)OC(C)(C)C. The Kier molecular flexibility index (Phi) is 23.2. The Morgan fingerprint density at radius 1 is 0.655 bits per heavy atom. The van der Waals surface area contributed by atoms with Crippen LogP contribution in [-0.4, -0.2) is 174 Å². The van der Waals surface area contributed by atoms with E-state index in [0.29, 0.717) is 41.6 Å². The van der Waals surface area contributed by atoms with Gasteiger partial charge in [0.15, 0.2) is 6.04 Å². The first-order chi connectivity index (χ1) is 41.0. The number of carboxylic acid groups (broad SMARTS) is 1. The Bertz CT molecular complexity index is 2910. The van der Waals surface area contributed by atoms with Gasteiger partial charge in [-0.1, -0.05) is 105 Å². The Morgan fingerprint density at radius 3 is 1.67 bits per heavy atom. The Balaban J connectivity index is 1.33. The third-order valence-corrected chi connectivity index (χ3v) is 15.5. The van der Waals surface area contributed by atoms with Gasteiger partial charge in [0.25, 0.3) is 0 Å². The number of imidazole rings is 1. The highest BCUT2D eigenvalue weighted by Gasteiger charge is 2.52. The van der Waals surface area contributed by atoms with Crippen molar-refractivity contribution in [3.8, 4) is 0 Å². The van der Waals surface area contributed by atoms with Crippen LogP contribution >= 0.6 is 0 Å². The van der Waals surface area contributed by atoms with Gasteiger partial charge >= 0.3 is 5.97 Å². The largest absolute Gasteiger partial charge is 0.480 e. The van der Waals surface area contributed by atoms with Crippen molar-refractivity contribution in [2.75, 3.05) is 19.6 Å². The summed E-state index contributed by atoms with van der Waals surface area (Å²) in [5.41, 5.74) is 5.31. The molecule has 1 aromatic heterocycles. The van der Waals surface area contributed by atoms with Gasteiger partial charge in [-0.15, -0.1) is 0 Å². The van der Waals surface area contributed by atoms with E-state index >= 15 is 9.59 Å². The van der Waals surface area contributed by atoms with Gasteiger partial charge < -0.3 is 66.6 Å². The minimum Gasteiger partial charge on any atom is -0.480 e. The van der Waals surface area contributed by atoms with Crippen molar-refractivity contribution >= 4 is 53.2 Å². The Labute approximate surface area is 510 Å². The number of nitrogens with two attached hydrogens (primary N) is 1. The maximum Gasteiger partial charge on any atom is 0.328 e. The number of ether oxygens (including phenoxy) is 2. The summed E-state index contributed by atoms with van der Waals surface area (Å²) in [7, 11) is 0. The number of H-pyrrole nitrogens is 1. The highest BCUT2D eigenvalue weighted by Crippen LogP contribution is 2.45. The summed E-state index contributed by atoms with van der Waals surface area (Å²) in [4.78, 5) is 141. The molecule has 2 aliphatic heterocycles. The van der Waals surface area contributed by atoms with Crippen LogP contribution in [0.3, 0.4) is 0 Å². The zero-order chi connectivity index (χ0) is 64.1. The predicted octanol–water partition coefficient (Wildman–Crippen LogP) is 3.69. The van der Waals surface area contributed by atoms with Crippen LogP contribution in [0.4, 0.5) is 0 Å². The van der Waals surface area contributed by atoms with Crippen molar-refractivity contribution in [3.63, 3.8) is 0 Å². The molecule has 0 spiro atoms. The first kappa shape index (κ1) is 68.1. The number of likely N-dealkylation sites (tertiary alicyclic amines) is 2. The van der Waals surface area contributed by atoms with Crippen molar-refractivity contribution in [2.24, 2.45) is 11.7 Å². The van der Waals surface area contributed by atoms with E-state index in [1.807, 2.05) is 75.4 Å². The second kappa shape index (κ2) is 29.6. The standard InChI is InChI=1S/C64H89N11O12/c1-38(2)52(57(80)72-53(61(84)85)42(6)87-63(10,11)12)71-50(76)36-67-54(77)49(34-46-35-66-37-68-46)75(64(43-24-16-13-17-25-43,44-26-18-14-19-27-44)45-28-20-15-21-29-45)59(82)40(4)69-55(78)47-30-22-32-73(47)60(83)48-31-23-33-74(48)58(81)39(3)70-56(79)51(65)41(5)86-62(7,8)9/h13-21,24-29,35,37-42,47-49,51-53H,22-23,30-34,36,65H2,1-12H3,(H,66,68)(H,67,77)(H,69,78)(H,70,79)(H,71,76)(H,72,80)(H,84,85)/t39-,40-,41+,42+,47-,48-,49-,51-,52-,53-/m0/s1. The number of benzene rings is 3. The van der Waals surface area contributed by atoms with E-state index in [1.54, 1.807) is 77.9 Å². The molecule has 0 unspecified atom stereocenters. The minimum atomic E-state index is -1.67. The normalized spacial score (nSPS) is 18.2. The number of aromatic nitrogens is 2. The number of rotatable bonds is 26. The van der Waals surface area contributed by atoms with Crippen LogP contribution in [0.15, 0.2) is 104 Å². The number of amides is 8. The average Bonchev–Trinajstić information content (AvgIpc) is 1.30. The molecule has 87 heavy (non-hydrogen) atoms. The Morgan fingerprint density at radius 2 is 1.17 bits per heavy atom. The van der Waals surface area contributed by atoms with Crippen molar-refractivity contribution in [1.29, 1.82) is 0 Å². The van der Waals surface area contributed by atoms with Gasteiger partial charge in [-0.3, -0.25) is 38.4 Å². The number of hydrogen-bond donors (Lipinski definition) is 8. The summed E-state index contributed by atoms with van der Waals surface area (Å²) in [6.07, 6.45) is 2.57. The second-order valence-electron chi connectivity index (χ2n) is 24.9. The fraction of sp³-hybridized carbons (Fsp3) is 0.531. The highest BCUT2D eigenvalue weighted by atomic mass is 16.5. The smallest absolute Gasteiger partial charge is 0.328 e. The number of hydrogen-bond acceptors (Lipinski definition) is 13. The summed E-state index contributed by atoms with van der Waals surface area (Å²) >= 11 is 0. The van der Waals surface area contributed by atoms with E-state index in [2.05, 4.69) is 36.6 Å². The summed E-state index contributed by atoms with van der Waals surface area (Å²) < 4.78 is 11.7. The lowest BCUT2D eigenvalue weighted by molar-refractivity contribution is -0.151. The topological polar surface area (TPSA) is 317 Å². The monoisotopic (exact) mass is 1200 g/mol. The van der Waals surface area contributed by atoms with Crippen LogP contribution in [0.2, 0.25) is 0 Å². The molecule has 23 nitrogen and oxygen atoms in total. The van der Waals surface area contributed by atoms with Crippen molar-refractivity contribution < 1.29 is 57.7 Å². The van der Waals surface area contributed by atoms with Gasteiger partial charge in [0, 0.05) is 31.4 Å². The van der Waals surface area contributed by atoms with Gasteiger partial charge in [0.1, 0.15) is 47.8 Å². The van der Waals surface area contributed by atoms with Crippen molar-refractivity contribution in [3.05, 3.63) is 126 Å². The van der Waals surface area contributed by atoms with Crippen molar-refractivity contribution in [1.82, 2.24) is 51.3 Å². The van der Waals surface area contributed by atoms with Gasteiger partial charge in [-0.05, 0) is 118 Å². The predicted molar refractivity (Wildman–Crippen MR) is 325 cm³/mol. The highest BCUT2D eigenvalue weighted by molar-refractivity contribution is 5.98. The maximum atomic E-state index is 16.3. The van der Waals surface area contributed by atoms with Gasteiger partial charge in [0.2, 0.25) is 47.3 Å². The van der Waals surface area contributed by atoms with Crippen LogP contribution in [0.25, 0.3) is 0 Å². The molecule has 10 atom stereocenters. The maximum absolute atomic E-state index is 16.3. The minimum absolute atomic E-state index is 0.187. The zero-order valence-electron chi connectivity index (χ0n) is 52.1. The van der Waals surface area contributed by atoms with E-state index in [1.165, 1.54) is 48.0 Å². The molecule has 0 bridgehead atoms. The molecule has 0 saturated carbocycles. The Hall–Kier alpha value is -8.02. The molecule has 2 fully saturated rings. The summed E-state index contributed by atoms with van der Waals surface area (Å²) in [6.45, 7) is 20.0. The van der Waals surface area contributed by atoms with E-state index in [9.17, 15) is 38.7 Å². The molecule has 3 heterocycles. The number of carbonyl (C=O) groups excluding carboxylic acids is 8. The number of aromatic amines is 1. The molecule has 4 aromatic rings. The molecule has 9 N–H and O–H groups in total. The lowest BCUT2D eigenvalue weighted by Crippen LogP contribution is -2.65. The van der Waals surface area contributed by atoms with Crippen LogP contribution in [0.5, 0.6) is 0 Å². The van der Waals surface area contributed by atoms with Gasteiger partial charge in [-0.25, -0.2) is 9.78 Å². The van der Waals surface area contributed by atoms with Crippen LogP contribution < -0.4 is 32.3 Å². The van der Waals surface area contributed by atoms with Gasteiger partial charge in [0.05, 0.1) is 36.3 Å². The molecular weight excluding hydrogens is 1110 g/mol. The summed E-state index contributed by atoms with van der Waals surface area (Å²) in [5.74, 6) is -7.24. The fourth-order valence-electron chi connectivity index (χ4n) is 11.5. The molecule has 0 radical (unpaired) electrons. The first-order valence-electron chi connectivity index (χ1n) is 29.9. The molecule has 8 amide bonds. The number of carboxylic acids is 1. The van der Waals surface area contributed by atoms with Gasteiger partial charge in [-0.2, -0.15) is 0 Å². The third kappa shape index (κ3) is 17.2. The van der Waals surface area contributed by atoms with Crippen molar-refractivity contribution in [2.45, 2.75) is 192 Å².